The molecule has 0 spiro atoms. The fraction of sp³-hybridized carbons (Fsp3) is 1.00. The van der Waals surface area contributed by atoms with Crippen LogP contribution in [0.25, 0.3) is 0 Å². The van der Waals surface area contributed by atoms with E-state index in [1.165, 1.54) is 6.54 Å². The standard InChI is InChI=1S/C9H21N3/c1-3-12(4-2)8-9-7-10-5-6-11-9/h9-11H,3-8H2,1-2H3. The minimum absolute atomic E-state index is 0.652. The van der Waals surface area contributed by atoms with E-state index < -0.39 is 0 Å². The number of nitrogens with one attached hydrogen (secondary N) is 2. The van der Waals surface area contributed by atoms with Gasteiger partial charge in [0.2, 0.25) is 0 Å². The summed E-state index contributed by atoms with van der Waals surface area (Å²) in [6, 6.07) is 0.652. The lowest BCUT2D eigenvalue weighted by Gasteiger charge is -2.29. The summed E-state index contributed by atoms with van der Waals surface area (Å²) in [5.41, 5.74) is 0. The van der Waals surface area contributed by atoms with Crippen molar-refractivity contribution in [3.05, 3.63) is 0 Å². The summed E-state index contributed by atoms with van der Waals surface area (Å²) < 4.78 is 0. The minimum atomic E-state index is 0.652. The van der Waals surface area contributed by atoms with Crippen LogP contribution in [0.3, 0.4) is 0 Å². The lowest BCUT2D eigenvalue weighted by Crippen LogP contribution is -2.53. The third-order valence-corrected chi connectivity index (χ3v) is 2.50. The molecule has 1 rings (SSSR count). The third kappa shape index (κ3) is 3.09. The average molecular weight is 171 g/mol. The van der Waals surface area contributed by atoms with Gasteiger partial charge in [0.25, 0.3) is 0 Å². The van der Waals surface area contributed by atoms with E-state index in [4.69, 9.17) is 0 Å². The zero-order chi connectivity index (χ0) is 8.81. The van der Waals surface area contributed by atoms with E-state index in [-0.39, 0.29) is 0 Å². The second kappa shape index (κ2) is 5.51. The van der Waals surface area contributed by atoms with Crippen LogP contribution in [0.5, 0.6) is 0 Å². The van der Waals surface area contributed by atoms with Crippen LogP contribution in [0.4, 0.5) is 0 Å². The largest absolute Gasteiger partial charge is 0.314 e. The molecule has 1 heterocycles. The maximum atomic E-state index is 3.51. The van der Waals surface area contributed by atoms with Gasteiger partial charge in [-0.2, -0.15) is 0 Å². The number of nitrogens with zero attached hydrogens (tertiary/aromatic N) is 1. The molecule has 0 amide bonds. The summed E-state index contributed by atoms with van der Waals surface area (Å²) in [4.78, 5) is 2.46. The van der Waals surface area contributed by atoms with Crippen molar-refractivity contribution in [2.75, 3.05) is 39.3 Å². The van der Waals surface area contributed by atoms with Crippen molar-refractivity contribution in [2.45, 2.75) is 19.9 Å². The molecule has 1 atom stereocenters. The van der Waals surface area contributed by atoms with Gasteiger partial charge in [0.1, 0.15) is 0 Å². The second-order valence-electron chi connectivity index (χ2n) is 3.34. The number of hydrogen-bond donors (Lipinski definition) is 2. The smallest absolute Gasteiger partial charge is 0.0320 e. The van der Waals surface area contributed by atoms with Crippen molar-refractivity contribution in [2.24, 2.45) is 0 Å². The lowest BCUT2D eigenvalue weighted by atomic mass is 10.2. The predicted molar refractivity (Wildman–Crippen MR) is 52.4 cm³/mol. The Labute approximate surface area is 75.5 Å². The minimum Gasteiger partial charge on any atom is -0.314 e. The molecule has 1 aliphatic rings. The summed E-state index contributed by atoms with van der Waals surface area (Å²) in [7, 11) is 0. The van der Waals surface area contributed by atoms with Gasteiger partial charge in [-0.25, -0.2) is 0 Å². The van der Waals surface area contributed by atoms with Crippen LogP contribution in [0.15, 0.2) is 0 Å². The van der Waals surface area contributed by atoms with E-state index in [1.54, 1.807) is 0 Å². The molecular weight excluding hydrogens is 150 g/mol. The van der Waals surface area contributed by atoms with Gasteiger partial charge >= 0.3 is 0 Å². The summed E-state index contributed by atoms with van der Waals surface area (Å²) in [6.45, 7) is 11.3. The van der Waals surface area contributed by atoms with Crippen molar-refractivity contribution in [3.63, 3.8) is 0 Å². The fourth-order valence-corrected chi connectivity index (χ4v) is 1.64. The number of piperazine rings is 1. The monoisotopic (exact) mass is 171 g/mol. The maximum Gasteiger partial charge on any atom is 0.0320 e. The lowest BCUT2D eigenvalue weighted by molar-refractivity contribution is 0.249. The van der Waals surface area contributed by atoms with Crippen LogP contribution in [0, 0.1) is 0 Å². The summed E-state index contributed by atoms with van der Waals surface area (Å²) in [6.07, 6.45) is 0. The molecule has 0 aromatic rings. The summed E-state index contributed by atoms with van der Waals surface area (Å²) in [5.74, 6) is 0. The van der Waals surface area contributed by atoms with Crippen molar-refractivity contribution in [1.29, 1.82) is 0 Å². The summed E-state index contributed by atoms with van der Waals surface area (Å²) in [5, 5.41) is 6.91. The first kappa shape index (κ1) is 9.96. The fourth-order valence-electron chi connectivity index (χ4n) is 1.64. The molecule has 12 heavy (non-hydrogen) atoms. The molecule has 0 radical (unpaired) electrons. The van der Waals surface area contributed by atoms with E-state index in [9.17, 15) is 0 Å². The van der Waals surface area contributed by atoms with E-state index in [0.29, 0.717) is 6.04 Å². The zero-order valence-electron chi connectivity index (χ0n) is 8.27. The quantitative estimate of drug-likeness (QED) is 0.618. The van der Waals surface area contributed by atoms with Crippen molar-refractivity contribution in [3.8, 4) is 0 Å². The molecule has 0 aliphatic carbocycles. The molecule has 1 saturated heterocycles. The van der Waals surface area contributed by atoms with Crippen LogP contribution >= 0.6 is 0 Å². The molecule has 1 fully saturated rings. The Kier molecular flexibility index (Phi) is 4.58. The van der Waals surface area contributed by atoms with Gasteiger partial charge in [0, 0.05) is 32.2 Å². The Hall–Kier alpha value is -0.120. The number of rotatable bonds is 4. The van der Waals surface area contributed by atoms with Gasteiger partial charge in [-0.15, -0.1) is 0 Å². The first-order chi connectivity index (χ1) is 5.86. The Bertz CT molecular complexity index is 106. The summed E-state index contributed by atoms with van der Waals surface area (Å²) >= 11 is 0. The topological polar surface area (TPSA) is 27.3 Å². The van der Waals surface area contributed by atoms with Gasteiger partial charge in [-0.05, 0) is 13.1 Å². The van der Waals surface area contributed by atoms with Crippen molar-refractivity contribution in [1.82, 2.24) is 15.5 Å². The molecule has 1 aliphatic heterocycles. The molecular formula is C9H21N3. The molecule has 72 valence electrons. The molecule has 2 N–H and O–H groups in total. The molecule has 1 unspecified atom stereocenters. The van der Waals surface area contributed by atoms with Crippen LogP contribution in [-0.4, -0.2) is 50.2 Å². The Balaban J connectivity index is 2.18. The first-order valence-corrected chi connectivity index (χ1v) is 5.03. The van der Waals surface area contributed by atoms with Crippen LogP contribution in [0.1, 0.15) is 13.8 Å². The third-order valence-electron chi connectivity index (χ3n) is 2.50. The van der Waals surface area contributed by atoms with Crippen LogP contribution in [-0.2, 0) is 0 Å². The van der Waals surface area contributed by atoms with E-state index in [0.717, 1.165) is 32.7 Å². The van der Waals surface area contributed by atoms with Gasteiger partial charge < -0.3 is 15.5 Å². The highest BCUT2D eigenvalue weighted by atomic mass is 15.2. The van der Waals surface area contributed by atoms with Crippen molar-refractivity contribution >= 4 is 0 Å². The van der Waals surface area contributed by atoms with Gasteiger partial charge in [-0.1, -0.05) is 13.8 Å². The Morgan fingerprint density at radius 1 is 1.25 bits per heavy atom. The second-order valence-corrected chi connectivity index (χ2v) is 3.34. The maximum absolute atomic E-state index is 3.51. The highest BCUT2D eigenvalue weighted by molar-refractivity contribution is 4.78. The van der Waals surface area contributed by atoms with E-state index >= 15 is 0 Å². The van der Waals surface area contributed by atoms with Gasteiger partial charge in [0.05, 0.1) is 0 Å². The highest BCUT2D eigenvalue weighted by Crippen LogP contribution is 1.93. The molecule has 0 aromatic carbocycles. The first-order valence-electron chi connectivity index (χ1n) is 5.03. The predicted octanol–water partition coefficient (Wildman–Crippen LogP) is -0.110. The average Bonchev–Trinajstić information content (AvgIpc) is 2.16. The molecule has 0 bridgehead atoms. The Morgan fingerprint density at radius 3 is 2.50 bits per heavy atom. The van der Waals surface area contributed by atoms with Crippen molar-refractivity contribution < 1.29 is 0 Å². The molecule has 0 saturated carbocycles. The van der Waals surface area contributed by atoms with E-state index in [2.05, 4.69) is 29.4 Å². The normalized spacial score (nSPS) is 24.8. The van der Waals surface area contributed by atoms with E-state index in [1.807, 2.05) is 0 Å². The Morgan fingerprint density at radius 2 is 2.00 bits per heavy atom. The highest BCUT2D eigenvalue weighted by Gasteiger charge is 2.13. The van der Waals surface area contributed by atoms with Crippen LogP contribution in [0.2, 0.25) is 0 Å². The van der Waals surface area contributed by atoms with Gasteiger partial charge in [0.15, 0.2) is 0 Å². The number of hydrogen-bond acceptors (Lipinski definition) is 3. The van der Waals surface area contributed by atoms with Gasteiger partial charge in [-0.3, -0.25) is 0 Å². The number of likely N-dealkylation sites (N-methyl/N-ethyl adjacent to an activating group) is 1. The SMILES string of the molecule is CCN(CC)CC1CNCCN1. The van der Waals surface area contributed by atoms with Crippen LogP contribution < -0.4 is 10.6 Å². The molecule has 0 aromatic heterocycles. The zero-order valence-corrected chi connectivity index (χ0v) is 8.27. The molecule has 3 nitrogen and oxygen atoms in total. The molecule has 3 heteroatoms.